The van der Waals surface area contributed by atoms with Gasteiger partial charge in [-0.1, -0.05) is 48.5 Å². The van der Waals surface area contributed by atoms with Crippen molar-refractivity contribution in [1.82, 2.24) is 3.97 Å². The van der Waals surface area contributed by atoms with Gasteiger partial charge in [0.05, 0.1) is 17.2 Å². The van der Waals surface area contributed by atoms with Crippen molar-refractivity contribution in [2.75, 3.05) is 0 Å². The van der Waals surface area contributed by atoms with Gasteiger partial charge in [-0.25, -0.2) is 12.4 Å². The Balaban J connectivity index is 2.37. The first-order chi connectivity index (χ1) is 11.5. The lowest BCUT2D eigenvalue weighted by atomic mass is 10.1. The summed E-state index contributed by atoms with van der Waals surface area (Å²) in [4.78, 5) is 0.227. The Labute approximate surface area is 142 Å². The fourth-order valence-electron chi connectivity index (χ4n) is 3.02. The SMILES string of the molecule is Cc1c(CO)c(C)n(S(=O)(=O)c2ccccc2)c1-c1ccccc1. The van der Waals surface area contributed by atoms with E-state index in [0.717, 1.165) is 11.1 Å². The molecule has 0 fully saturated rings. The molecule has 4 nitrogen and oxygen atoms in total. The van der Waals surface area contributed by atoms with Crippen LogP contribution in [0.25, 0.3) is 11.3 Å². The third kappa shape index (κ3) is 2.56. The van der Waals surface area contributed by atoms with Crippen LogP contribution in [-0.2, 0) is 16.6 Å². The monoisotopic (exact) mass is 341 g/mol. The summed E-state index contributed by atoms with van der Waals surface area (Å²) in [6.07, 6.45) is 0. The zero-order valence-electron chi connectivity index (χ0n) is 13.6. The van der Waals surface area contributed by atoms with Gasteiger partial charge < -0.3 is 5.11 Å². The Morgan fingerprint density at radius 2 is 1.46 bits per heavy atom. The summed E-state index contributed by atoms with van der Waals surface area (Å²) in [5.74, 6) is 0. The summed E-state index contributed by atoms with van der Waals surface area (Å²) < 4.78 is 27.8. The Hall–Kier alpha value is -2.37. The van der Waals surface area contributed by atoms with Crippen LogP contribution in [0.3, 0.4) is 0 Å². The van der Waals surface area contributed by atoms with Crippen LogP contribution in [0.15, 0.2) is 65.6 Å². The molecule has 0 saturated carbocycles. The molecule has 3 rings (SSSR count). The highest BCUT2D eigenvalue weighted by Gasteiger charge is 2.27. The second kappa shape index (κ2) is 6.26. The minimum Gasteiger partial charge on any atom is -0.392 e. The van der Waals surface area contributed by atoms with E-state index in [4.69, 9.17) is 0 Å². The fraction of sp³-hybridized carbons (Fsp3) is 0.158. The van der Waals surface area contributed by atoms with Crippen LogP contribution in [0.5, 0.6) is 0 Å². The molecule has 2 aromatic carbocycles. The van der Waals surface area contributed by atoms with Crippen LogP contribution in [-0.4, -0.2) is 17.5 Å². The van der Waals surface area contributed by atoms with Crippen LogP contribution in [0.1, 0.15) is 16.8 Å². The van der Waals surface area contributed by atoms with Crippen molar-refractivity contribution in [3.8, 4) is 11.3 Å². The lowest BCUT2D eigenvalue weighted by Crippen LogP contribution is -2.16. The van der Waals surface area contributed by atoms with Gasteiger partial charge in [0, 0.05) is 11.3 Å². The number of hydrogen-bond donors (Lipinski definition) is 1. The molecule has 1 heterocycles. The highest BCUT2D eigenvalue weighted by Crippen LogP contribution is 2.34. The topological polar surface area (TPSA) is 59.3 Å². The first-order valence-electron chi connectivity index (χ1n) is 7.66. The van der Waals surface area contributed by atoms with E-state index in [1.165, 1.54) is 3.97 Å². The maximum absolute atomic E-state index is 13.2. The van der Waals surface area contributed by atoms with Crippen molar-refractivity contribution in [3.05, 3.63) is 77.5 Å². The first kappa shape index (κ1) is 16.5. The second-order valence-electron chi connectivity index (χ2n) is 5.64. The molecule has 0 atom stereocenters. The van der Waals surface area contributed by atoms with Crippen LogP contribution < -0.4 is 0 Å². The molecule has 1 N–H and O–H groups in total. The Morgan fingerprint density at radius 1 is 0.917 bits per heavy atom. The van der Waals surface area contributed by atoms with E-state index < -0.39 is 10.0 Å². The van der Waals surface area contributed by atoms with Crippen molar-refractivity contribution in [1.29, 1.82) is 0 Å². The summed E-state index contributed by atoms with van der Waals surface area (Å²) in [5.41, 5.74) is 3.37. The molecule has 0 spiro atoms. The molecule has 0 unspecified atom stereocenters. The molecule has 0 amide bonds. The van der Waals surface area contributed by atoms with E-state index in [2.05, 4.69) is 0 Å². The molecule has 0 bridgehead atoms. The average molecular weight is 341 g/mol. The summed E-state index contributed by atoms with van der Waals surface area (Å²) in [6, 6.07) is 17.7. The average Bonchev–Trinajstić information content (AvgIpc) is 2.87. The molecule has 1 aromatic heterocycles. The van der Waals surface area contributed by atoms with Crippen LogP contribution in [0.2, 0.25) is 0 Å². The van der Waals surface area contributed by atoms with Gasteiger partial charge in [0.2, 0.25) is 0 Å². The molecular weight excluding hydrogens is 322 g/mol. The number of aliphatic hydroxyl groups excluding tert-OH is 1. The van der Waals surface area contributed by atoms with Gasteiger partial charge in [-0.15, -0.1) is 0 Å². The molecule has 3 aromatic rings. The minimum absolute atomic E-state index is 0.200. The number of aliphatic hydroxyl groups is 1. The Kier molecular flexibility index (Phi) is 4.30. The zero-order chi connectivity index (χ0) is 17.3. The van der Waals surface area contributed by atoms with E-state index in [1.807, 2.05) is 37.3 Å². The third-order valence-corrected chi connectivity index (χ3v) is 6.04. The fourth-order valence-corrected chi connectivity index (χ4v) is 4.68. The zero-order valence-corrected chi connectivity index (χ0v) is 14.4. The smallest absolute Gasteiger partial charge is 0.268 e. The largest absolute Gasteiger partial charge is 0.392 e. The molecule has 0 aliphatic rings. The Bertz CT molecular complexity index is 959. The van der Waals surface area contributed by atoms with Gasteiger partial charge in [-0.3, -0.25) is 0 Å². The standard InChI is InChI=1S/C19H19NO3S/c1-14-18(13-21)15(2)20(19(14)16-9-5-3-6-10-16)24(22,23)17-11-7-4-8-12-17/h3-12,21H,13H2,1-2H3. The summed E-state index contributed by atoms with van der Waals surface area (Å²) in [6.45, 7) is 3.37. The molecule has 124 valence electrons. The molecule has 0 radical (unpaired) electrons. The van der Waals surface area contributed by atoms with Gasteiger partial charge in [0.1, 0.15) is 0 Å². The minimum atomic E-state index is -3.75. The summed E-state index contributed by atoms with van der Waals surface area (Å²) >= 11 is 0. The van der Waals surface area contributed by atoms with E-state index in [0.29, 0.717) is 17.0 Å². The maximum Gasteiger partial charge on any atom is 0.268 e. The molecule has 0 saturated heterocycles. The van der Waals surface area contributed by atoms with Crippen molar-refractivity contribution in [2.24, 2.45) is 0 Å². The number of hydrogen-bond acceptors (Lipinski definition) is 3. The lowest BCUT2D eigenvalue weighted by molar-refractivity contribution is 0.280. The second-order valence-corrected chi connectivity index (χ2v) is 7.43. The van der Waals surface area contributed by atoms with Crippen molar-refractivity contribution >= 4 is 10.0 Å². The van der Waals surface area contributed by atoms with Crippen molar-refractivity contribution < 1.29 is 13.5 Å². The molecule has 0 aliphatic carbocycles. The van der Waals surface area contributed by atoms with E-state index >= 15 is 0 Å². The normalized spacial score (nSPS) is 11.6. The molecule has 5 heteroatoms. The van der Waals surface area contributed by atoms with Crippen LogP contribution >= 0.6 is 0 Å². The van der Waals surface area contributed by atoms with Gasteiger partial charge >= 0.3 is 0 Å². The van der Waals surface area contributed by atoms with Gasteiger partial charge in [-0.2, -0.15) is 0 Å². The maximum atomic E-state index is 13.2. The number of benzene rings is 2. The van der Waals surface area contributed by atoms with Gasteiger partial charge in [0.25, 0.3) is 10.0 Å². The van der Waals surface area contributed by atoms with Crippen molar-refractivity contribution in [3.63, 3.8) is 0 Å². The predicted molar refractivity (Wildman–Crippen MR) is 94.3 cm³/mol. The number of aromatic nitrogens is 1. The quantitative estimate of drug-likeness (QED) is 0.790. The van der Waals surface area contributed by atoms with E-state index in [-0.39, 0.29) is 11.5 Å². The first-order valence-corrected chi connectivity index (χ1v) is 9.10. The molecular formula is C19H19NO3S. The predicted octanol–water partition coefficient (Wildman–Crippen LogP) is 3.50. The Morgan fingerprint density at radius 3 is 2.00 bits per heavy atom. The van der Waals surface area contributed by atoms with Gasteiger partial charge in [-0.05, 0) is 37.1 Å². The summed E-state index contributed by atoms with van der Waals surface area (Å²) in [5, 5.41) is 9.71. The number of nitrogens with zero attached hydrogens (tertiary/aromatic N) is 1. The van der Waals surface area contributed by atoms with E-state index in [1.54, 1.807) is 37.3 Å². The van der Waals surface area contributed by atoms with Crippen LogP contribution in [0.4, 0.5) is 0 Å². The molecule has 24 heavy (non-hydrogen) atoms. The number of rotatable bonds is 4. The van der Waals surface area contributed by atoms with Gasteiger partial charge in [0.15, 0.2) is 0 Å². The van der Waals surface area contributed by atoms with Crippen LogP contribution in [0, 0.1) is 13.8 Å². The third-order valence-electron chi connectivity index (χ3n) is 4.24. The van der Waals surface area contributed by atoms with E-state index in [9.17, 15) is 13.5 Å². The van der Waals surface area contributed by atoms with Crippen molar-refractivity contribution in [2.45, 2.75) is 25.3 Å². The lowest BCUT2D eigenvalue weighted by Gasteiger charge is -2.13. The molecule has 0 aliphatic heterocycles. The highest BCUT2D eigenvalue weighted by molar-refractivity contribution is 7.90. The summed E-state index contributed by atoms with van der Waals surface area (Å²) in [7, 11) is -3.75. The highest BCUT2D eigenvalue weighted by atomic mass is 32.2.